The van der Waals surface area contributed by atoms with E-state index in [1.807, 2.05) is 6.92 Å². The van der Waals surface area contributed by atoms with Crippen LogP contribution in [0.3, 0.4) is 0 Å². The molecular formula is C9H19NO3. The minimum atomic E-state index is -0.797. The Morgan fingerprint density at radius 3 is 2.92 bits per heavy atom. The van der Waals surface area contributed by atoms with Crippen LogP contribution in [0, 0.1) is 0 Å². The average molecular weight is 189 g/mol. The Bertz CT molecular complexity index is 146. The summed E-state index contributed by atoms with van der Waals surface area (Å²) in [7, 11) is 0. The lowest BCUT2D eigenvalue weighted by atomic mass is 9.95. The van der Waals surface area contributed by atoms with E-state index in [-0.39, 0.29) is 0 Å². The van der Waals surface area contributed by atoms with Crippen molar-refractivity contribution < 1.29 is 14.9 Å². The summed E-state index contributed by atoms with van der Waals surface area (Å²) >= 11 is 0. The van der Waals surface area contributed by atoms with E-state index >= 15 is 0 Å². The van der Waals surface area contributed by atoms with Gasteiger partial charge in [0, 0.05) is 26.0 Å². The van der Waals surface area contributed by atoms with Crippen LogP contribution in [-0.2, 0) is 4.74 Å². The van der Waals surface area contributed by atoms with E-state index < -0.39 is 11.7 Å². The van der Waals surface area contributed by atoms with Crippen molar-refractivity contribution >= 4 is 0 Å². The third-order valence-electron chi connectivity index (χ3n) is 2.33. The minimum Gasteiger partial charge on any atom is -0.392 e. The van der Waals surface area contributed by atoms with Gasteiger partial charge in [0.1, 0.15) is 0 Å². The predicted octanol–water partition coefficient (Wildman–Crippen LogP) is -0.502. The number of nitrogens with one attached hydrogen (secondary N) is 1. The minimum absolute atomic E-state index is 0.357. The summed E-state index contributed by atoms with van der Waals surface area (Å²) in [5, 5.41) is 22.4. The predicted molar refractivity (Wildman–Crippen MR) is 49.6 cm³/mol. The monoisotopic (exact) mass is 189 g/mol. The van der Waals surface area contributed by atoms with Crippen LogP contribution < -0.4 is 5.32 Å². The second-order valence-corrected chi connectivity index (χ2v) is 3.69. The summed E-state index contributed by atoms with van der Waals surface area (Å²) in [6.07, 6.45) is 0.558. The van der Waals surface area contributed by atoms with Crippen molar-refractivity contribution in [3.05, 3.63) is 0 Å². The van der Waals surface area contributed by atoms with Crippen LogP contribution in [0.25, 0.3) is 0 Å². The van der Waals surface area contributed by atoms with E-state index in [4.69, 9.17) is 4.74 Å². The van der Waals surface area contributed by atoms with Crippen molar-refractivity contribution in [1.82, 2.24) is 5.32 Å². The number of hydrogen-bond donors (Lipinski definition) is 3. The first-order valence-electron chi connectivity index (χ1n) is 4.85. The fourth-order valence-corrected chi connectivity index (χ4v) is 1.58. The topological polar surface area (TPSA) is 61.7 Å². The third-order valence-corrected chi connectivity index (χ3v) is 2.33. The molecule has 1 heterocycles. The highest BCUT2D eigenvalue weighted by Gasteiger charge is 2.34. The fraction of sp³-hybridized carbons (Fsp3) is 1.00. The Kier molecular flexibility index (Phi) is 4.12. The summed E-state index contributed by atoms with van der Waals surface area (Å²) < 4.78 is 5.08. The molecular weight excluding hydrogens is 170 g/mol. The molecule has 4 heteroatoms. The Hall–Kier alpha value is -0.160. The lowest BCUT2D eigenvalue weighted by molar-refractivity contribution is -0.0162. The zero-order valence-corrected chi connectivity index (χ0v) is 8.12. The van der Waals surface area contributed by atoms with E-state index in [0.29, 0.717) is 32.6 Å². The number of likely N-dealkylation sites (N-methyl/N-ethyl adjacent to an activating group) is 1. The molecule has 1 aliphatic rings. The number of aliphatic hydroxyl groups excluding tert-OH is 1. The SMILES string of the molecule is CCNCC(O)CC1(O)CCOC1. The second kappa shape index (κ2) is 4.91. The van der Waals surface area contributed by atoms with Gasteiger partial charge in [-0.25, -0.2) is 0 Å². The molecule has 13 heavy (non-hydrogen) atoms. The molecule has 1 saturated heterocycles. The zero-order valence-electron chi connectivity index (χ0n) is 8.12. The van der Waals surface area contributed by atoms with Crippen LogP contribution in [0.5, 0.6) is 0 Å². The highest BCUT2D eigenvalue weighted by atomic mass is 16.5. The lowest BCUT2D eigenvalue weighted by Crippen LogP contribution is -2.38. The molecule has 0 aliphatic carbocycles. The molecule has 2 atom stereocenters. The highest BCUT2D eigenvalue weighted by Crippen LogP contribution is 2.23. The molecule has 4 nitrogen and oxygen atoms in total. The molecule has 0 aromatic carbocycles. The van der Waals surface area contributed by atoms with Gasteiger partial charge in [0.05, 0.1) is 18.3 Å². The first kappa shape index (κ1) is 10.9. The standard InChI is InChI=1S/C9H19NO3/c1-2-10-6-8(11)5-9(12)3-4-13-7-9/h8,10-12H,2-7H2,1H3. The quantitative estimate of drug-likeness (QED) is 0.545. The third kappa shape index (κ3) is 3.60. The molecule has 0 spiro atoms. The highest BCUT2D eigenvalue weighted by molar-refractivity contribution is 4.85. The van der Waals surface area contributed by atoms with Gasteiger partial charge in [-0.2, -0.15) is 0 Å². The van der Waals surface area contributed by atoms with Crippen molar-refractivity contribution in [3.8, 4) is 0 Å². The number of aliphatic hydroxyl groups is 2. The van der Waals surface area contributed by atoms with Crippen molar-refractivity contribution in [3.63, 3.8) is 0 Å². The maximum atomic E-state index is 9.85. The van der Waals surface area contributed by atoms with Gasteiger partial charge in [-0.05, 0) is 6.54 Å². The van der Waals surface area contributed by atoms with Crippen molar-refractivity contribution in [1.29, 1.82) is 0 Å². The van der Waals surface area contributed by atoms with Crippen LogP contribution in [0.4, 0.5) is 0 Å². The molecule has 0 amide bonds. The molecule has 78 valence electrons. The summed E-state index contributed by atoms with van der Waals surface area (Å²) in [6.45, 7) is 4.32. The van der Waals surface area contributed by atoms with Gasteiger partial charge in [0.15, 0.2) is 0 Å². The molecule has 0 saturated carbocycles. The van der Waals surface area contributed by atoms with Gasteiger partial charge in [-0.3, -0.25) is 0 Å². The molecule has 1 aliphatic heterocycles. The van der Waals surface area contributed by atoms with Crippen LogP contribution >= 0.6 is 0 Å². The van der Waals surface area contributed by atoms with E-state index in [1.54, 1.807) is 0 Å². The van der Waals surface area contributed by atoms with Gasteiger partial charge in [-0.1, -0.05) is 6.92 Å². The van der Waals surface area contributed by atoms with E-state index in [9.17, 15) is 10.2 Å². The Labute approximate surface area is 78.9 Å². The molecule has 2 unspecified atom stereocenters. The molecule has 3 N–H and O–H groups in total. The summed E-state index contributed by atoms with van der Waals surface area (Å²) in [4.78, 5) is 0. The molecule has 1 fully saturated rings. The summed E-state index contributed by atoms with van der Waals surface area (Å²) in [5.41, 5.74) is -0.797. The van der Waals surface area contributed by atoms with Crippen molar-refractivity contribution in [2.45, 2.75) is 31.5 Å². The van der Waals surface area contributed by atoms with Crippen molar-refractivity contribution in [2.75, 3.05) is 26.3 Å². The van der Waals surface area contributed by atoms with Crippen molar-refractivity contribution in [2.24, 2.45) is 0 Å². The van der Waals surface area contributed by atoms with Crippen LogP contribution in [0.2, 0.25) is 0 Å². The largest absolute Gasteiger partial charge is 0.392 e. The van der Waals surface area contributed by atoms with Gasteiger partial charge in [0.2, 0.25) is 0 Å². The molecule has 0 bridgehead atoms. The smallest absolute Gasteiger partial charge is 0.0927 e. The first-order chi connectivity index (χ1) is 6.16. The van der Waals surface area contributed by atoms with Crippen LogP contribution in [-0.4, -0.2) is 48.2 Å². The number of ether oxygens (including phenoxy) is 1. The maximum absolute atomic E-state index is 9.85. The average Bonchev–Trinajstić information content (AvgIpc) is 2.48. The first-order valence-corrected chi connectivity index (χ1v) is 4.85. The molecule has 0 radical (unpaired) electrons. The Morgan fingerprint density at radius 1 is 1.62 bits per heavy atom. The second-order valence-electron chi connectivity index (χ2n) is 3.69. The van der Waals surface area contributed by atoms with Gasteiger partial charge >= 0.3 is 0 Å². The summed E-state index contributed by atoms with van der Waals surface area (Å²) in [5.74, 6) is 0. The zero-order chi connectivity index (χ0) is 9.73. The van der Waals surface area contributed by atoms with E-state index in [0.717, 1.165) is 6.54 Å². The number of rotatable bonds is 5. The lowest BCUT2D eigenvalue weighted by Gasteiger charge is -2.23. The molecule has 1 rings (SSSR count). The summed E-state index contributed by atoms with van der Waals surface area (Å²) in [6, 6.07) is 0. The van der Waals surface area contributed by atoms with Gasteiger partial charge in [0.25, 0.3) is 0 Å². The number of hydrogen-bond acceptors (Lipinski definition) is 4. The normalized spacial score (nSPS) is 30.7. The molecule has 0 aromatic rings. The van der Waals surface area contributed by atoms with Crippen LogP contribution in [0.1, 0.15) is 19.8 Å². The van der Waals surface area contributed by atoms with Gasteiger partial charge in [-0.15, -0.1) is 0 Å². The van der Waals surface area contributed by atoms with Gasteiger partial charge < -0.3 is 20.3 Å². The van der Waals surface area contributed by atoms with E-state index in [2.05, 4.69) is 5.32 Å². The fourth-order valence-electron chi connectivity index (χ4n) is 1.58. The van der Waals surface area contributed by atoms with Crippen LogP contribution in [0.15, 0.2) is 0 Å². The molecule has 0 aromatic heterocycles. The maximum Gasteiger partial charge on any atom is 0.0927 e. The van der Waals surface area contributed by atoms with E-state index in [1.165, 1.54) is 0 Å². The Morgan fingerprint density at radius 2 is 2.38 bits per heavy atom. The Balaban J connectivity index is 2.21.